The zero-order chi connectivity index (χ0) is 17.8. The van der Waals surface area contributed by atoms with Gasteiger partial charge in [0.15, 0.2) is 5.17 Å². The van der Waals surface area contributed by atoms with Crippen LogP contribution in [0.2, 0.25) is 0 Å². The van der Waals surface area contributed by atoms with Gasteiger partial charge in [0.25, 0.3) is 5.91 Å². The number of nitrogens with zero attached hydrogens (tertiary/aromatic N) is 2. The van der Waals surface area contributed by atoms with E-state index in [4.69, 9.17) is 4.74 Å². The molecule has 0 bridgehead atoms. The summed E-state index contributed by atoms with van der Waals surface area (Å²) in [6.45, 7) is 0.351. The maximum atomic E-state index is 12.9. The van der Waals surface area contributed by atoms with Crippen LogP contribution < -0.4 is 4.74 Å². The maximum Gasteiger partial charge on any atom is 0.266 e. The molecule has 0 aliphatic carbocycles. The number of ether oxygens (including phenoxy) is 1. The second-order valence-corrected chi connectivity index (χ2v) is 6.48. The highest BCUT2D eigenvalue weighted by Crippen LogP contribution is 2.31. The molecule has 1 aliphatic heterocycles. The van der Waals surface area contributed by atoms with Gasteiger partial charge in [-0.25, -0.2) is 4.39 Å². The molecular weight excluding hydrogens is 339 g/mol. The lowest BCUT2D eigenvalue weighted by atomic mass is 10.2. The van der Waals surface area contributed by atoms with E-state index in [0.717, 1.165) is 11.1 Å². The van der Waals surface area contributed by atoms with Gasteiger partial charge in [0.2, 0.25) is 0 Å². The first-order chi connectivity index (χ1) is 12.1. The first-order valence-corrected chi connectivity index (χ1v) is 8.50. The van der Waals surface area contributed by atoms with Crippen molar-refractivity contribution in [3.05, 3.63) is 70.4 Å². The minimum atomic E-state index is -0.268. The van der Waals surface area contributed by atoms with Gasteiger partial charge >= 0.3 is 0 Å². The fraction of sp³-hybridized carbons (Fsp3) is 0.158. The number of carbonyl (C=O) groups excluding carboxylic acids is 1. The van der Waals surface area contributed by atoms with Crippen molar-refractivity contribution in [3.8, 4) is 5.75 Å². The Labute approximate surface area is 150 Å². The van der Waals surface area contributed by atoms with Crippen molar-refractivity contribution >= 4 is 28.9 Å². The van der Waals surface area contributed by atoms with E-state index in [0.29, 0.717) is 22.4 Å². The number of rotatable bonds is 4. The standard InChI is InChI=1S/C19H17FN2O2S/c1-21-19-22(2)18(23)17(25-19)11-14-4-3-5-16(10-14)24-12-13-6-8-15(20)9-7-13/h3-11H,12H2,1-2H3/b17-11+,21-19?. The van der Waals surface area contributed by atoms with Crippen LogP contribution in [0.25, 0.3) is 6.08 Å². The number of hydrogen-bond donors (Lipinski definition) is 0. The van der Waals surface area contributed by atoms with Crippen LogP contribution >= 0.6 is 11.8 Å². The van der Waals surface area contributed by atoms with E-state index < -0.39 is 0 Å². The Morgan fingerprint density at radius 2 is 2.00 bits per heavy atom. The van der Waals surface area contributed by atoms with E-state index in [1.807, 2.05) is 30.3 Å². The van der Waals surface area contributed by atoms with Gasteiger partial charge in [-0.2, -0.15) is 0 Å². The number of thioether (sulfide) groups is 1. The molecule has 6 heteroatoms. The van der Waals surface area contributed by atoms with E-state index >= 15 is 0 Å². The molecule has 3 rings (SSSR count). The van der Waals surface area contributed by atoms with Gasteiger partial charge in [-0.15, -0.1) is 0 Å². The van der Waals surface area contributed by atoms with Gasteiger partial charge < -0.3 is 4.74 Å². The third kappa shape index (κ3) is 4.09. The molecule has 2 aromatic rings. The van der Waals surface area contributed by atoms with Gasteiger partial charge in [0.1, 0.15) is 18.2 Å². The molecule has 0 radical (unpaired) electrons. The molecular formula is C19H17FN2O2S. The number of hydrogen-bond acceptors (Lipinski definition) is 4. The van der Waals surface area contributed by atoms with Gasteiger partial charge in [0.05, 0.1) is 4.91 Å². The van der Waals surface area contributed by atoms with E-state index in [1.165, 1.54) is 28.8 Å². The summed E-state index contributed by atoms with van der Waals surface area (Å²) in [7, 11) is 3.37. The monoisotopic (exact) mass is 356 g/mol. The van der Waals surface area contributed by atoms with Crippen LogP contribution in [-0.2, 0) is 11.4 Å². The fourth-order valence-corrected chi connectivity index (χ4v) is 3.27. The summed E-state index contributed by atoms with van der Waals surface area (Å²) in [6.07, 6.45) is 1.83. The summed E-state index contributed by atoms with van der Waals surface area (Å²) >= 11 is 1.35. The lowest BCUT2D eigenvalue weighted by molar-refractivity contribution is -0.121. The minimum Gasteiger partial charge on any atom is -0.489 e. The van der Waals surface area contributed by atoms with E-state index in [2.05, 4.69) is 4.99 Å². The topological polar surface area (TPSA) is 41.9 Å². The lowest BCUT2D eigenvalue weighted by Gasteiger charge is -2.07. The highest BCUT2D eigenvalue weighted by molar-refractivity contribution is 8.18. The maximum absolute atomic E-state index is 12.9. The fourth-order valence-electron chi connectivity index (χ4n) is 2.34. The van der Waals surface area contributed by atoms with Crippen molar-refractivity contribution in [2.24, 2.45) is 4.99 Å². The van der Waals surface area contributed by atoms with Crippen molar-refractivity contribution in [2.75, 3.05) is 14.1 Å². The van der Waals surface area contributed by atoms with Crippen molar-refractivity contribution in [1.82, 2.24) is 4.90 Å². The quantitative estimate of drug-likeness (QED) is 0.780. The molecule has 0 atom stereocenters. The zero-order valence-electron chi connectivity index (χ0n) is 13.9. The summed E-state index contributed by atoms with van der Waals surface area (Å²) in [4.78, 5) is 18.4. The molecule has 1 fully saturated rings. The van der Waals surface area contributed by atoms with Crippen molar-refractivity contribution in [3.63, 3.8) is 0 Å². The molecule has 1 aliphatic rings. The second kappa shape index (κ2) is 7.53. The Bertz CT molecular complexity index is 847. The number of likely N-dealkylation sites (N-methyl/N-ethyl adjacent to an activating group) is 1. The number of halogens is 1. The van der Waals surface area contributed by atoms with Crippen molar-refractivity contribution < 1.29 is 13.9 Å². The minimum absolute atomic E-state index is 0.0665. The van der Waals surface area contributed by atoms with E-state index in [9.17, 15) is 9.18 Å². The van der Waals surface area contributed by atoms with Crippen LogP contribution in [-0.4, -0.2) is 30.1 Å². The Morgan fingerprint density at radius 1 is 1.24 bits per heavy atom. The molecule has 0 saturated carbocycles. The van der Waals surface area contributed by atoms with Crippen LogP contribution in [0, 0.1) is 5.82 Å². The molecule has 2 aromatic carbocycles. The zero-order valence-corrected chi connectivity index (χ0v) is 14.7. The Morgan fingerprint density at radius 3 is 2.68 bits per heavy atom. The molecule has 1 saturated heterocycles. The van der Waals surface area contributed by atoms with Gasteiger partial charge in [-0.1, -0.05) is 24.3 Å². The lowest BCUT2D eigenvalue weighted by Crippen LogP contribution is -2.23. The first-order valence-electron chi connectivity index (χ1n) is 7.68. The summed E-state index contributed by atoms with van der Waals surface area (Å²) < 4.78 is 18.7. The smallest absolute Gasteiger partial charge is 0.266 e. The van der Waals surface area contributed by atoms with Crippen LogP contribution in [0.15, 0.2) is 58.4 Å². The average molecular weight is 356 g/mol. The van der Waals surface area contributed by atoms with Gasteiger partial charge in [-0.05, 0) is 53.2 Å². The molecule has 4 nitrogen and oxygen atoms in total. The third-order valence-corrected chi connectivity index (χ3v) is 4.82. The Balaban J connectivity index is 1.72. The Kier molecular flexibility index (Phi) is 5.19. The van der Waals surface area contributed by atoms with Crippen LogP contribution in [0.4, 0.5) is 4.39 Å². The number of benzene rings is 2. The number of amidine groups is 1. The summed E-state index contributed by atoms with van der Waals surface area (Å²) in [6, 6.07) is 13.7. The summed E-state index contributed by atoms with van der Waals surface area (Å²) in [5.41, 5.74) is 1.76. The number of carbonyl (C=O) groups is 1. The predicted molar refractivity (Wildman–Crippen MR) is 98.9 cm³/mol. The van der Waals surface area contributed by atoms with E-state index in [1.54, 1.807) is 26.2 Å². The number of aliphatic imine (C=N–C) groups is 1. The molecule has 0 unspecified atom stereocenters. The largest absolute Gasteiger partial charge is 0.489 e. The van der Waals surface area contributed by atoms with Crippen LogP contribution in [0.3, 0.4) is 0 Å². The third-order valence-electron chi connectivity index (χ3n) is 3.67. The van der Waals surface area contributed by atoms with Gasteiger partial charge in [-0.3, -0.25) is 14.7 Å². The molecule has 1 amide bonds. The first kappa shape index (κ1) is 17.2. The molecule has 128 valence electrons. The number of amides is 1. The van der Waals surface area contributed by atoms with Crippen molar-refractivity contribution in [2.45, 2.75) is 6.61 Å². The second-order valence-electron chi connectivity index (χ2n) is 5.47. The average Bonchev–Trinajstić information content (AvgIpc) is 2.89. The highest BCUT2D eigenvalue weighted by Gasteiger charge is 2.29. The van der Waals surface area contributed by atoms with Crippen molar-refractivity contribution in [1.29, 1.82) is 0 Å². The van der Waals surface area contributed by atoms with Gasteiger partial charge in [0, 0.05) is 14.1 Å². The molecule has 25 heavy (non-hydrogen) atoms. The van der Waals surface area contributed by atoms with Crippen LogP contribution in [0.5, 0.6) is 5.75 Å². The van der Waals surface area contributed by atoms with Crippen LogP contribution in [0.1, 0.15) is 11.1 Å². The van der Waals surface area contributed by atoms with E-state index in [-0.39, 0.29) is 11.7 Å². The molecule has 0 N–H and O–H groups in total. The Hall–Kier alpha value is -2.60. The normalized spacial score (nSPS) is 17.6. The summed E-state index contributed by atoms with van der Waals surface area (Å²) in [5.74, 6) is 0.353. The summed E-state index contributed by atoms with van der Waals surface area (Å²) in [5, 5.41) is 0.681. The SMILES string of the molecule is CN=C1S/C(=C/c2cccc(OCc3ccc(F)cc3)c2)C(=O)N1C. The highest BCUT2D eigenvalue weighted by atomic mass is 32.2. The molecule has 1 heterocycles. The molecule has 0 spiro atoms. The predicted octanol–water partition coefficient (Wildman–Crippen LogP) is 3.94. The molecule has 0 aromatic heterocycles.